The molecular weight excluding hydrogens is 367 g/mol. The van der Waals surface area contributed by atoms with Crippen molar-refractivity contribution in [3.63, 3.8) is 0 Å². The van der Waals surface area contributed by atoms with E-state index in [0.717, 1.165) is 22.2 Å². The van der Waals surface area contributed by atoms with Crippen LogP contribution < -0.4 is 21.5 Å². The average Bonchev–Trinajstić information content (AvgIpc) is 3.03. The lowest BCUT2D eigenvalue weighted by atomic mass is 9.96. The van der Waals surface area contributed by atoms with Gasteiger partial charge in [-0.1, -0.05) is 6.07 Å². The van der Waals surface area contributed by atoms with Crippen molar-refractivity contribution in [3.05, 3.63) is 70.6 Å². The van der Waals surface area contributed by atoms with Crippen LogP contribution in [0.1, 0.15) is 17.5 Å². The van der Waals surface area contributed by atoms with Gasteiger partial charge in [0.25, 0.3) is 0 Å². The SMILES string of the molecule is Cn1cc(-c2cc(C(F)(F)F)ccc2C2=c3ccncc3=C(N)CCN2)cn1. The summed E-state index contributed by atoms with van der Waals surface area (Å²) in [6, 6.07) is 5.59. The molecule has 0 atom stereocenters. The van der Waals surface area contributed by atoms with Crippen LogP contribution in [0.15, 0.2) is 49.1 Å². The van der Waals surface area contributed by atoms with Crippen molar-refractivity contribution in [2.24, 2.45) is 12.8 Å². The summed E-state index contributed by atoms with van der Waals surface area (Å²) in [5.74, 6) is 0. The molecule has 4 rings (SSSR count). The Bertz CT molecular complexity index is 1160. The van der Waals surface area contributed by atoms with Gasteiger partial charge in [-0.25, -0.2) is 0 Å². The fourth-order valence-electron chi connectivity index (χ4n) is 3.40. The Morgan fingerprint density at radius 1 is 1.11 bits per heavy atom. The van der Waals surface area contributed by atoms with Gasteiger partial charge in [0.15, 0.2) is 0 Å². The van der Waals surface area contributed by atoms with E-state index >= 15 is 0 Å². The molecule has 0 unspecified atom stereocenters. The lowest BCUT2D eigenvalue weighted by Crippen LogP contribution is -2.33. The van der Waals surface area contributed by atoms with Gasteiger partial charge < -0.3 is 11.1 Å². The summed E-state index contributed by atoms with van der Waals surface area (Å²) in [4.78, 5) is 4.14. The second-order valence-electron chi connectivity index (χ2n) is 6.66. The molecule has 0 bridgehead atoms. The van der Waals surface area contributed by atoms with Crippen molar-refractivity contribution in [2.75, 3.05) is 6.54 Å². The first-order valence-electron chi connectivity index (χ1n) is 8.72. The first kappa shape index (κ1) is 18.1. The van der Waals surface area contributed by atoms with Gasteiger partial charge in [0.1, 0.15) is 0 Å². The molecule has 1 aliphatic heterocycles. The number of alkyl halides is 3. The third-order valence-electron chi connectivity index (χ3n) is 4.76. The molecule has 1 aliphatic rings. The molecule has 0 fully saturated rings. The van der Waals surface area contributed by atoms with E-state index in [2.05, 4.69) is 15.4 Å². The van der Waals surface area contributed by atoms with Crippen LogP contribution in [-0.2, 0) is 13.2 Å². The van der Waals surface area contributed by atoms with Crippen molar-refractivity contribution in [3.8, 4) is 11.1 Å². The molecule has 0 spiro atoms. The van der Waals surface area contributed by atoms with E-state index in [0.29, 0.717) is 35.4 Å². The minimum Gasteiger partial charge on any atom is -0.401 e. The summed E-state index contributed by atoms with van der Waals surface area (Å²) < 4.78 is 41.6. The molecule has 8 heteroatoms. The quantitative estimate of drug-likeness (QED) is 0.705. The molecule has 3 heterocycles. The largest absolute Gasteiger partial charge is 0.416 e. The van der Waals surface area contributed by atoms with Crippen molar-refractivity contribution in [1.29, 1.82) is 0 Å². The van der Waals surface area contributed by atoms with Gasteiger partial charge in [-0.2, -0.15) is 18.3 Å². The topological polar surface area (TPSA) is 68.8 Å². The second-order valence-corrected chi connectivity index (χ2v) is 6.66. The van der Waals surface area contributed by atoms with Crippen LogP contribution in [0.25, 0.3) is 22.5 Å². The summed E-state index contributed by atoms with van der Waals surface area (Å²) in [5, 5.41) is 9.06. The fraction of sp³-hybridized carbons (Fsp3) is 0.200. The standard InChI is InChI=1S/C20H18F3N5/c1-28-11-12(9-27-28)16-8-13(20(21,22)23)2-3-14(16)19-15-4-6-25-10-17(15)18(24)5-7-26-19/h2-4,6,8-11,26H,5,7,24H2,1H3. The molecule has 2 aromatic heterocycles. The summed E-state index contributed by atoms with van der Waals surface area (Å²) in [6.45, 7) is 0.573. The van der Waals surface area contributed by atoms with E-state index in [1.54, 1.807) is 36.5 Å². The molecule has 0 saturated heterocycles. The number of pyridine rings is 1. The number of nitrogens with two attached hydrogens (primary N) is 1. The van der Waals surface area contributed by atoms with Gasteiger partial charge in [0.05, 0.1) is 17.5 Å². The normalized spacial score (nSPS) is 14.4. The summed E-state index contributed by atoms with van der Waals surface area (Å²) in [7, 11) is 1.73. The van der Waals surface area contributed by atoms with Gasteiger partial charge in [-0.3, -0.25) is 9.67 Å². The van der Waals surface area contributed by atoms with E-state index < -0.39 is 11.7 Å². The van der Waals surface area contributed by atoms with Crippen LogP contribution in [0, 0.1) is 0 Å². The number of fused-ring (bicyclic) bond motifs is 1. The second kappa shape index (κ2) is 6.70. The first-order chi connectivity index (χ1) is 13.3. The maximum Gasteiger partial charge on any atom is 0.416 e. The zero-order chi connectivity index (χ0) is 19.9. The third-order valence-corrected chi connectivity index (χ3v) is 4.76. The van der Waals surface area contributed by atoms with Crippen LogP contribution in [0.4, 0.5) is 13.2 Å². The number of halogens is 3. The number of aryl methyl sites for hydroxylation is 1. The highest BCUT2D eigenvalue weighted by Gasteiger charge is 2.31. The van der Waals surface area contributed by atoms with Crippen molar-refractivity contribution >= 4 is 11.4 Å². The van der Waals surface area contributed by atoms with Crippen LogP contribution in [-0.4, -0.2) is 21.3 Å². The van der Waals surface area contributed by atoms with Gasteiger partial charge in [0.2, 0.25) is 0 Å². The van der Waals surface area contributed by atoms with E-state index in [9.17, 15) is 13.2 Å². The highest BCUT2D eigenvalue weighted by atomic mass is 19.4. The minimum atomic E-state index is -4.43. The molecular formula is C20H18F3N5. The molecule has 3 aromatic rings. The number of hydrogen-bond acceptors (Lipinski definition) is 4. The number of rotatable bonds is 2. The Morgan fingerprint density at radius 3 is 2.64 bits per heavy atom. The van der Waals surface area contributed by atoms with Gasteiger partial charge in [-0.15, -0.1) is 0 Å². The molecule has 0 aliphatic carbocycles. The lowest BCUT2D eigenvalue weighted by molar-refractivity contribution is -0.137. The average molecular weight is 385 g/mol. The van der Waals surface area contributed by atoms with E-state index in [4.69, 9.17) is 5.73 Å². The maximum atomic E-state index is 13.3. The number of aromatic nitrogens is 3. The summed E-state index contributed by atoms with van der Waals surface area (Å²) >= 11 is 0. The van der Waals surface area contributed by atoms with Crippen LogP contribution in [0.3, 0.4) is 0 Å². The van der Waals surface area contributed by atoms with Gasteiger partial charge in [0, 0.05) is 65.9 Å². The number of nitrogens with one attached hydrogen (secondary N) is 1. The van der Waals surface area contributed by atoms with Crippen molar-refractivity contribution < 1.29 is 13.2 Å². The Labute approximate surface area is 159 Å². The Kier molecular flexibility index (Phi) is 4.33. The number of benzene rings is 1. The van der Waals surface area contributed by atoms with E-state index in [1.807, 2.05) is 6.07 Å². The highest BCUT2D eigenvalue weighted by molar-refractivity contribution is 5.81. The monoisotopic (exact) mass is 385 g/mol. The van der Waals surface area contributed by atoms with Crippen molar-refractivity contribution in [1.82, 2.24) is 20.1 Å². The summed E-state index contributed by atoms with van der Waals surface area (Å²) in [6.07, 6.45) is 2.77. The van der Waals surface area contributed by atoms with E-state index in [-0.39, 0.29) is 0 Å². The number of hydrogen-bond donors (Lipinski definition) is 2. The predicted octanol–water partition coefficient (Wildman–Crippen LogP) is 1.72. The zero-order valence-electron chi connectivity index (χ0n) is 15.1. The summed E-state index contributed by atoms with van der Waals surface area (Å²) in [5.41, 5.74) is 8.61. The highest BCUT2D eigenvalue weighted by Crippen LogP contribution is 2.35. The van der Waals surface area contributed by atoms with Crippen LogP contribution in [0.2, 0.25) is 0 Å². The zero-order valence-corrected chi connectivity index (χ0v) is 15.1. The molecule has 0 radical (unpaired) electrons. The lowest BCUT2D eigenvalue weighted by Gasteiger charge is -2.16. The Balaban J connectivity index is 2.06. The van der Waals surface area contributed by atoms with Gasteiger partial charge in [-0.05, 0) is 23.8 Å². The maximum absolute atomic E-state index is 13.3. The predicted molar refractivity (Wildman–Crippen MR) is 99.9 cm³/mol. The Hall–Kier alpha value is -3.29. The molecule has 3 N–H and O–H groups in total. The Morgan fingerprint density at radius 2 is 1.93 bits per heavy atom. The molecule has 144 valence electrons. The molecule has 0 amide bonds. The smallest absolute Gasteiger partial charge is 0.401 e. The van der Waals surface area contributed by atoms with Crippen LogP contribution in [0.5, 0.6) is 0 Å². The fourth-order valence-corrected chi connectivity index (χ4v) is 3.40. The minimum absolute atomic E-state index is 0.452. The third kappa shape index (κ3) is 3.21. The van der Waals surface area contributed by atoms with Gasteiger partial charge >= 0.3 is 6.18 Å². The molecule has 0 saturated carbocycles. The molecule has 28 heavy (non-hydrogen) atoms. The molecule has 5 nitrogen and oxygen atoms in total. The van der Waals surface area contributed by atoms with Crippen molar-refractivity contribution in [2.45, 2.75) is 12.6 Å². The molecule has 1 aromatic carbocycles. The first-order valence-corrected chi connectivity index (χ1v) is 8.72. The van der Waals surface area contributed by atoms with Crippen LogP contribution >= 0.6 is 0 Å². The van der Waals surface area contributed by atoms with E-state index in [1.165, 1.54) is 12.1 Å². The number of nitrogens with zero attached hydrogens (tertiary/aromatic N) is 3.